The summed E-state index contributed by atoms with van der Waals surface area (Å²) in [5, 5.41) is 21.2. The number of amides is 1. The molecule has 0 saturated carbocycles. The number of rotatable bonds is 6. The maximum Gasteiger partial charge on any atom is 0.329 e. The van der Waals surface area contributed by atoms with Crippen LogP contribution in [0.1, 0.15) is 54.7 Å². The summed E-state index contributed by atoms with van der Waals surface area (Å²) < 4.78 is 57.3. The molecule has 3 rings (SSSR count). The lowest BCUT2D eigenvalue weighted by Crippen LogP contribution is -2.52. The normalized spacial score (nSPS) is 13.9. The minimum absolute atomic E-state index is 0.0243. The van der Waals surface area contributed by atoms with Gasteiger partial charge in [-0.3, -0.25) is 14.2 Å². The van der Waals surface area contributed by atoms with Crippen LogP contribution in [0.3, 0.4) is 0 Å². The number of hydrogen-bond donors (Lipinski definition) is 3. The monoisotopic (exact) mass is 494 g/mol. The first-order chi connectivity index (χ1) is 16.2. The van der Waals surface area contributed by atoms with Gasteiger partial charge in [-0.1, -0.05) is 6.92 Å². The first-order valence-corrected chi connectivity index (χ1v) is 10.5. The quantitative estimate of drug-likeness (QED) is 0.441. The lowest BCUT2D eigenvalue weighted by atomic mass is 9.93. The molecule has 35 heavy (non-hydrogen) atoms. The predicted octanol–water partition coefficient (Wildman–Crippen LogP) is 4.37. The molecule has 2 unspecified atom stereocenters. The maximum absolute atomic E-state index is 15.1. The molecule has 0 radical (unpaired) electrons. The highest BCUT2D eigenvalue weighted by Crippen LogP contribution is 2.39. The summed E-state index contributed by atoms with van der Waals surface area (Å²) >= 11 is 0. The van der Waals surface area contributed by atoms with Gasteiger partial charge >= 0.3 is 5.97 Å². The Bertz CT molecular complexity index is 1380. The number of aromatic hydroxyl groups is 1. The minimum atomic E-state index is -1.65. The molecule has 3 N–H and O–H groups in total. The predicted molar refractivity (Wildman–Crippen MR) is 117 cm³/mol. The average Bonchev–Trinajstić information content (AvgIpc) is 3.09. The molecule has 2 aromatic carbocycles. The van der Waals surface area contributed by atoms with Gasteiger partial charge in [0.15, 0.2) is 29.0 Å². The van der Waals surface area contributed by atoms with Gasteiger partial charge in [0.05, 0.1) is 11.4 Å². The Kier molecular flexibility index (Phi) is 6.65. The number of phenols is 1. The molecule has 0 aliphatic rings. The number of halogens is 4. The zero-order chi connectivity index (χ0) is 26.4. The molecular formula is C24H22F4N2O5. The van der Waals surface area contributed by atoms with Crippen LogP contribution in [-0.2, 0) is 9.59 Å². The molecule has 0 fully saturated rings. The first kappa shape index (κ1) is 25.7. The van der Waals surface area contributed by atoms with Crippen molar-refractivity contribution in [3.63, 3.8) is 0 Å². The molecule has 1 heterocycles. The van der Waals surface area contributed by atoms with Crippen LogP contribution in [0, 0.1) is 30.2 Å². The number of nitrogens with one attached hydrogen (secondary N) is 1. The van der Waals surface area contributed by atoms with E-state index < -0.39 is 63.6 Å². The average molecular weight is 494 g/mol. The summed E-state index contributed by atoms with van der Waals surface area (Å²) in [6.07, 6.45) is 0.0243. The Morgan fingerprint density at radius 2 is 1.71 bits per heavy atom. The van der Waals surface area contributed by atoms with E-state index in [4.69, 9.17) is 0 Å². The van der Waals surface area contributed by atoms with Gasteiger partial charge in [-0.15, -0.1) is 0 Å². The number of phenolic OH excluding ortho intramolecular Hbond substituents is 1. The number of carboxylic acids is 1. The van der Waals surface area contributed by atoms with Crippen molar-refractivity contribution >= 4 is 28.7 Å². The molecule has 1 amide bonds. The van der Waals surface area contributed by atoms with Gasteiger partial charge in [0.1, 0.15) is 5.54 Å². The summed E-state index contributed by atoms with van der Waals surface area (Å²) in [5.74, 6) is -11.1. The van der Waals surface area contributed by atoms with Crippen molar-refractivity contribution in [2.24, 2.45) is 0 Å². The zero-order valence-electron chi connectivity index (χ0n) is 19.2. The van der Waals surface area contributed by atoms with Crippen molar-refractivity contribution in [3.05, 3.63) is 64.4 Å². The van der Waals surface area contributed by atoms with Crippen molar-refractivity contribution in [3.8, 4) is 5.75 Å². The van der Waals surface area contributed by atoms with Gasteiger partial charge in [-0.05, 0) is 51.0 Å². The van der Waals surface area contributed by atoms with E-state index >= 15 is 4.39 Å². The van der Waals surface area contributed by atoms with E-state index in [2.05, 4.69) is 5.32 Å². The van der Waals surface area contributed by atoms with E-state index in [0.29, 0.717) is 18.2 Å². The second-order valence-corrected chi connectivity index (χ2v) is 8.39. The summed E-state index contributed by atoms with van der Waals surface area (Å²) in [7, 11) is 0. The molecule has 0 aliphatic heterocycles. The summed E-state index contributed by atoms with van der Waals surface area (Å²) in [6, 6.07) is 2.99. The highest BCUT2D eigenvalue weighted by Gasteiger charge is 2.37. The van der Waals surface area contributed by atoms with Crippen LogP contribution in [0.5, 0.6) is 5.75 Å². The van der Waals surface area contributed by atoms with Crippen molar-refractivity contribution in [2.45, 2.75) is 45.6 Å². The highest BCUT2D eigenvalue weighted by atomic mass is 19.2. The van der Waals surface area contributed by atoms with Gasteiger partial charge in [-0.2, -0.15) is 0 Å². The Balaban J connectivity index is 2.26. The lowest BCUT2D eigenvalue weighted by Gasteiger charge is -2.26. The van der Waals surface area contributed by atoms with E-state index in [1.807, 2.05) is 0 Å². The molecule has 0 saturated heterocycles. The third-order valence-electron chi connectivity index (χ3n) is 6.18. The molecule has 11 heteroatoms. The van der Waals surface area contributed by atoms with Crippen LogP contribution in [0.15, 0.2) is 24.3 Å². The van der Waals surface area contributed by atoms with E-state index in [0.717, 1.165) is 10.6 Å². The Morgan fingerprint density at radius 1 is 1.09 bits per heavy atom. The number of fused-ring (bicyclic) bond motifs is 1. The topological polar surface area (TPSA) is 109 Å². The fraction of sp³-hybridized carbons (Fsp3) is 0.292. The largest absolute Gasteiger partial charge is 0.503 e. The summed E-state index contributed by atoms with van der Waals surface area (Å²) in [5.41, 5.74) is -2.52. The van der Waals surface area contributed by atoms with Gasteiger partial charge in [0, 0.05) is 22.7 Å². The van der Waals surface area contributed by atoms with Gasteiger partial charge in [0.25, 0.3) is 5.91 Å². The van der Waals surface area contributed by atoms with Crippen LogP contribution in [0.4, 0.5) is 17.6 Å². The number of nitrogens with zero attached hydrogens (tertiary/aromatic N) is 1. The van der Waals surface area contributed by atoms with Gasteiger partial charge < -0.3 is 15.5 Å². The van der Waals surface area contributed by atoms with E-state index in [1.165, 1.54) is 27.7 Å². The van der Waals surface area contributed by atoms with Crippen molar-refractivity contribution in [1.82, 2.24) is 9.88 Å². The van der Waals surface area contributed by atoms with Gasteiger partial charge in [-0.25, -0.2) is 22.4 Å². The van der Waals surface area contributed by atoms with Crippen LogP contribution in [-0.4, -0.2) is 38.1 Å². The molecule has 0 aliphatic carbocycles. The second-order valence-electron chi connectivity index (χ2n) is 8.39. The van der Waals surface area contributed by atoms with Crippen LogP contribution in [0.25, 0.3) is 10.9 Å². The molecule has 0 bridgehead atoms. The number of carbonyl (C=O) groups is 3. The van der Waals surface area contributed by atoms with Crippen molar-refractivity contribution in [1.29, 1.82) is 0 Å². The van der Waals surface area contributed by atoms with Crippen molar-refractivity contribution in [2.75, 3.05) is 0 Å². The first-order valence-electron chi connectivity index (χ1n) is 10.5. The Hall–Kier alpha value is -3.89. The molecule has 0 spiro atoms. The maximum atomic E-state index is 15.1. The highest BCUT2D eigenvalue weighted by molar-refractivity contribution is 6.06. The zero-order valence-corrected chi connectivity index (χ0v) is 19.2. The third-order valence-corrected chi connectivity index (χ3v) is 6.18. The number of carboxylic acid groups (broad SMARTS) is 1. The summed E-state index contributed by atoms with van der Waals surface area (Å²) in [4.78, 5) is 37.8. The van der Waals surface area contributed by atoms with Crippen LogP contribution >= 0.6 is 0 Å². The molecule has 7 nitrogen and oxygen atoms in total. The number of carbonyl (C=O) groups excluding carboxylic acids is 2. The smallest absolute Gasteiger partial charge is 0.329 e. The second kappa shape index (κ2) is 9.05. The fourth-order valence-electron chi connectivity index (χ4n) is 3.86. The molecule has 2 atom stereocenters. The Morgan fingerprint density at radius 3 is 2.26 bits per heavy atom. The lowest BCUT2D eigenvalue weighted by molar-refractivity contribution is -0.147. The number of aliphatic carboxylic acids is 1. The van der Waals surface area contributed by atoms with Gasteiger partial charge in [0.2, 0.25) is 5.91 Å². The number of aromatic nitrogens is 1. The Labute approximate surface area is 197 Å². The van der Waals surface area contributed by atoms with E-state index in [-0.39, 0.29) is 28.8 Å². The standard InChI is InChI=1S/C24H22F4N2O5/c1-5-24(4,23(34)35)29-21(32)10(2)17-11(3)30(16-9-15(27)20(31)19(28)18(16)17)22(33)12-6-7-13(25)14(26)8-12/h6-10,31H,5H2,1-4H3,(H,29,32)(H,34,35). The fourth-order valence-corrected chi connectivity index (χ4v) is 3.86. The van der Waals surface area contributed by atoms with Crippen molar-refractivity contribution < 1.29 is 42.2 Å². The van der Waals surface area contributed by atoms with Crippen LogP contribution in [0.2, 0.25) is 0 Å². The molecule has 186 valence electrons. The summed E-state index contributed by atoms with van der Waals surface area (Å²) in [6.45, 7) is 5.46. The molecular weight excluding hydrogens is 472 g/mol. The molecule has 1 aromatic heterocycles. The van der Waals surface area contributed by atoms with E-state index in [1.54, 1.807) is 0 Å². The van der Waals surface area contributed by atoms with E-state index in [9.17, 15) is 37.8 Å². The molecule has 3 aromatic rings. The SMILES string of the molecule is CCC(C)(NC(=O)C(C)c1c(C)n(C(=O)c2ccc(F)c(F)c2)c2cc(F)c(O)c(F)c12)C(=O)O. The third kappa shape index (κ3) is 4.22. The van der Waals surface area contributed by atoms with Crippen LogP contribution < -0.4 is 5.32 Å². The minimum Gasteiger partial charge on any atom is -0.503 e. The number of hydrogen-bond acceptors (Lipinski definition) is 4. The number of benzene rings is 2.